The average Bonchev–Trinajstić information content (AvgIpc) is 2.99. The molecule has 20 heavy (non-hydrogen) atoms. The first-order valence-corrected chi connectivity index (χ1v) is 6.64. The molecule has 2 bridgehead atoms. The van der Waals surface area contributed by atoms with Crippen molar-refractivity contribution >= 4 is 17.7 Å². The highest BCUT2D eigenvalue weighted by Crippen LogP contribution is 2.42. The van der Waals surface area contributed by atoms with Crippen molar-refractivity contribution in [1.29, 1.82) is 0 Å². The van der Waals surface area contributed by atoms with E-state index in [2.05, 4.69) is 5.32 Å². The van der Waals surface area contributed by atoms with E-state index < -0.39 is 23.7 Å². The minimum atomic E-state index is -0.860. The summed E-state index contributed by atoms with van der Waals surface area (Å²) >= 11 is 0. The largest absolute Gasteiger partial charge is 0.481 e. The van der Waals surface area contributed by atoms with E-state index in [1.165, 1.54) is 12.1 Å². The van der Waals surface area contributed by atoms with E-state index in [0.29, 0.717) is 12.8 Å². The number of rotatable bonds is 2. The molecular formula is C14H15FN2O3. The van der Waals surface area contributed by atoms with Crippen LogP contribution in [-0.2, 0) is 4.79 Å². The highest BCUT2D eigenvalue weighted by atomic mass is 19.1. The molecule has 2 saturated heterocycles. The molecule has 3 unspecified atom stereocenters. The van der Waals surface area contributed by atoms with Crippen molar-refractivity contribution in [2.75, 3.05) is 5.32 Å². The summed E-state index contributed by atoms with van der Waals surface area (Å²) in [6.45, 7) is 0. The Labute approximate surface area is 115 Å². The number of urea groups is 1. The Bertz CT molecular complexity index is 563. The number of hydrogen-bond donors (Lipinski definition) is 2. The van der Waals surface area contributed by atoms with Crippen LogP contribution in [-0.4, -0.2) is 34.1 Å². The zero-order chi connectivity index (χ0) is 14.3. The van der Waals surface area contributed by atoms with Crippen LogP contribution < -0.4 is 5.32 Å². The summed E-state index contributed by atoms with van der Waals surface area (Å²) in [5, 5.41) is 11.7. The first-order valence-electron chi connectivity index (χ1n) is 6.64. The van der Waals surface area contributed by atoms with Crippen LogP contribution in [0.1, 0.15) is 19.3 Å². The number of carboxylic acids is 1. The molecule has 2 amide bonds. The molecule has 2 N–H and O–H groups in total. The maximum absolute atomic E-state index is 13.5. The van der Waals surface area contributed by atoms with Gasteiger partial charge in [0, 0.05) is 12.1 Å². The van der Waals surface area contributed by atoms with Gasteiger partial charge in [0.2, 0.25) is 0 Å². The van der Waals surface area contributed by atoms with E-state index >= 15 is 0 Å². The van der Waals surface area contributed by atoms with E-state index in [0.717, 1.165) is 6.42 Å². The molecule has 3 rings (SSSR count). The van der Waals surface area contributed by atoms with Crippen LogP contribution in [0.2, 0.25) is 0 Å². The second-order valence-electron chi connectivity index (χ2n) is 5.30. The second-order valence-corrected chi connectivity index (χ2v) is 5.30. The van der Waals surface area contributed by atoms with Gasteiger partial charge in [-0.3, -0.25) is 4.79 Å². The lowest BCUT2D eigenvalue weighted by atomic mass is 9.89. The van der Waals surface area contributed by atoms with Crippen molar-refractivity contribution in [3.05, 3.63) is 30.1 Å². The van der Waals surface area contributed by atoms with Crippen molar-refractivity contribution in [2.45, 2.75) is 31.3 Å². The Hall–Kier alpha value is -2.11. The van der Waals surface area contributed by atoms with Crippen LogP contribution >= 0.6 is 0 Å². The number of halogens is 1. The highest BCUT2D eigenvalue weighted by Gasteiger charge is 2.51. The number of nitrogens with zero attached hydrogens (tertiary/aromatic N) is 1. The number of carboxylic acid groups (broad SMARTS) is 1. The highest BCUT2D eigenvalue weighted by molar-refractivity contribution is 5.91. The standard InChI is InChI=1S/C14H15FN2O3/c15-10-3-1-2-4-11(10)16-14(20)17-8-5-6-12(17)9(7-8)13(18)19/h1-4,8-9,12H,5-7H2,(H,16,20)(H,18,19). The van der Waals surface area contributed by atoms with Gasteiger partial charge in [-0.25, -0.2) is 9.18 Å². The van der Waals surface area contributed by atoms with Gasteiger partial charge in [-0.05, 0) is 31.4 Å². The Morgan fingerprint density at radius 2 is 2.05 bits per heavy atom. The first kappa shape index (κ1) is 12.9. The molecule has 3 atom stereocenters. The summed E-state index contributed by atoms with van der Waals surface area (Å²) < 4.78 is 13.5. The molecular weight excluding hydrogens is 263 g/mol. The number of benzene rings is 1. The lowest BCUT2D eigenvalue weighted by Crippen LogP contribution is -2.40. The molecule has 2 heterocycles. The van der Waals surface area contributed by atoms with Gasteiger partial charge in [-0.2, -0.15) is 0 Å². The molecule has 0 radical (unpaired) electrons. The van der Waals surface area contributed by atoms with Crippen LogP contribution in [0.25, 0.3) is 0 Å². The van der Waals surface area contributed by atoms with Crippen LogP contribution in [0.4, 0.5) is 14.9 Å². The molecule has 2 aliphatic rings. The smallest absolute Gasteiger partial charge is 0.322 e. The van der Waals surface area contributed by atoms with E-state index in [1.807, 2.05) is 0 Å². The van der Waals surface area contributed by atoms with Crippen molar-refractivity contribution in [1.82, 2.24) is 4.90 Å². The van der Waals surface area contributed by atoms with Gasteiger partial charge in [0.25, 0.3) is 0 Å². The number of aliphatic carboxylic acids is 1. The normalized spacial score (nSPS) is 27.6. The summed E-state index contributed by atoms with van der Waals surface area (Å²) in [5.41, 5.74) is 0.121. The molecule has 106 valence electrons. The molecule has 5 nitrogen and oxygen atoms in total. The summed E-state index contributed by atoms with van der Waals surface area (Å²) in [6, 6.07) is 5.21. The van der Waals surface area contributed by atoms with Gasteiger partial charge in [0.1, 0.15) is 5.82 Å². The predicted molar refractivity (Wildman–Crippen MR) is 69.8 cm³/mol. The first-order chi connectivity index (χ1) is 9.58. The van der Waals surface area contributed by atoms with E-state index in [-0.39, 0.29) is 17.8 Å². The van der Waals surface area contributed by atoms with Gasteiger partial charge in [-0.1, -0.05) is 12.1 Å². The fourth-order valence-corrected chi connectivity index (χ4v) is 3.31. The zero-order valence-corrected chi connectivity index (χ0v) is 10.8. The van der Waals surface area contributed by atoms with Gasteiger partial charge in [0.05, 0.1) is 11.6 Å². The van der Waals surface area contributed by atoms with E-state index in [1.54, 1.807) is 17.0 Å². The molecule has 0 spiro atoms. The number of hydrogen-bond acceptors (Lipinski definition) is 2. The Kier molecular flexibility index (Phi) is 3.08. The van der Waals surface area contributed by atoms with Crippen LogP contribution in [0.15, 0.2) is 24.3 Å². The topological polar surface area (TPSA) is 69.6 Å². The quantitative estimate of drug-likeness (QED) is 0.872. The molecule has 2 fully saturated rings. The van der Waals surface area contributed by atoms with Gasteiger partial charge in [0.15, 0.2) is 0 Å². The molecule has 1 aromatic carbocycles. The van der Waals surface area contributed by atoms with Crippen molar-refractivity contribution < 1.29 is 19.1 Å². The molecule has 2 aliphatic heterocycles. The fourth-order valence-electron chi connectivity index (χ4n) is 3.31. The van der Waals surface area contributed by atoms with Crippen molar-refractivity contribution in [3.63, 3.8) is 0 Å². The van der Waals surface area contributed by atoms with Crippen molar-refractivity contribution in [3.8, 4) is 0 Å². The third-order valence-corrected chi connectivity index (χ3v) is 4.20. The third kappa shape index (κ3) is 2.01. The van der Waals surface area contributed by atoms with E-state index in [4.69, 9.17) is 5.11 Å². The monoisotopic (exact) mass is 278 g/mol. The Morgan fingerprint density at radius 1 is 1.30 bits per heavy atom. The summed E-state index contributed by atoms with van der Waals surface area (Å²) in [5.74, 6) is -1.86. The zero-order valence-electron chi connectivity index (χ0n) is 10.8. The van der Waals surface area contributed by atoms with Gasteiger partial charge in [-0.15, -0.1) is 0 Å². The maximum atomic E-state index is 13.5. The minimum absolute atomic E-state index is 0.0483. The lowest BCUT2D eigenvalue weighted by molar-refractivity contribution is -0.142. The summed E-state index contributed by atoms with van der Waals surface area (Å²) in [7, 11) is 0. The number of nitrogens with one attached hydrogen (secondary N) is 1. The second kappa shape index (κ2) is 4.77. The minimum Gasteiger partial charge on any atom is -0.481 e. The van der Waals surface area contributed by atoms with E-state index in [9.17, 15) is 14.0 Å². The molecule has 6 heteroatoms. The summed E-state index contributed by atoms with van der Waals surface area (Å²) in [6.07, 6.45) is 2.01. The lowest BCUT2D eigenvalue weighted by Gasteiger charge is -2.23. The van der Waals surface area contributed by atoms with Gasteiger partial charge < -0.3 is 15.3 Å². The van der Waals surface area contributed by atoms with Crippen LogP contribution in [0.3, 0.4) is 0 Å². The molecule has 0 aliphatic carbocycles. The Balaban J connectivity index is 1.76. The number of para-hydroxylation sites is 1. The average molecular weight is 278 g/mol. The number of carbonyl (C=O) groups is 2. The fraction of sp³-hybridized carbons (Fsp3) is 0.429. The maximum Gasteiger partial charge on any atom is 0.322 e. The number of fused-ring (bicyclic) bond motifs is 2. The molecule has 0 saturated carbocycles. The molecule has 0 aromatic heterocycles. The SMILES string of the molecule is O=C(O)C1CC2CCC1N2C(=O)Nc1ccccc1F. The third-order valence-electron chi connectivity index (χ3n) is 4.20. The predicted octanol–water partition coefficient (Wildman–Crippen LogP) is 2.30. The van der Waals surface area contributed by atoms with Crippen LogP contribution in [0, 0.1) is 11.7 Å². The number of anilines is 1. The molecule has 1 aromatic rings. The van der Waals surface area contributed by atoms with Crippen molar-refractivity contribution in [2.24, 2.45) is 5.92 Å². The number of carbonyl (C=O) groups excluding carboxylic acids is 1. The van der Waals surface area contributed by atoms with Gasteiger partial charge >= 0.3 is 12.0 Å². The van der Waals surface area contributed by atoms with Crippen LogP contribution in [0.5, 0.6) is 0 Å². The Morgan fingerprint density at radius 3 is 2.70 bits per heavy atom. The summed E-state index contributed by atoms with van der Waals surface area (Å²) in [4.78, 5) is 25.0. The number of amides is 2.